The molecule has 1 aromatic carbocycles. The summed E-state index contributed by atoms with van der Waals surface area (Å²) >= 11 is 1.40. The summed E-state index contributed by atoms with van der Waals surface area (Å²) in [5.74, 6) is -0.964. The lowest BCUT2D eigenvalue weighted by atomic mass is 9.88. The molecule has 1 atom stereocenters. The maximum absolute atomic E-state index is 12.3. The second kappa shape index (κ2) is 8.56. The monoisotopic (exact) mass is 401 g/mol. The van der Waals surface area contributed by atoms with E-state index in [9.17, 15) is 14.4 Å². The molecule has 6 nitrogen and oxygen atoms in total. The van der Waals surface area contributed by atoms with Gasteiger partial charge in [-0.1, -0.05) is 25.1 Å². The number of hydrogen-bond donors (Lipinski definition) is 1. The predicted octanol–water partition coefficient (Wildman–Crippen LogP) is 3.76. The molecule has 0 saturated carbocycles. The first-order valence-electron chi connectivity index (χ1n) is 9.16. The summed E-state index contributed by atoms with van der Waals surface area (Å²) in [6, 6.07) is 7.02. The Balaban J connectivity index is 1.71. The van der Waals surface area contributed by atoms with Crippen molar-refractivity contribution in [1.29, 1.82) is 0 Å². The number of ether oxygens (including phenoxy) is 2. The van der Waals surface area contributed by atoms with Crippen molar-refractivity contribution >= 4 is 34.2 Å². The van der Waals surface area contributed by atoms with E-state index in [0.717, 1.165) is 35.3 Å². The van der Waals surface area contributed by atoms with Crippen molar-refractivity contribution < 1.29 is 23.9 Å². The van der Waals surface area contributed by atoms with Gasteiger partial charge in [0.25, 0.3) is 5.91 Å². The second-order valence-corrected chi connectivity index (χ2v) is 8.09. The molecule has 28 heavy (non-hydrogen) atoms. The van der Waals surface area contributed by atoms with Crippen LogP contribution in [-0.4, -0.2) is 31.6 Å². The van der Waals surface area contributed by atoms with Crippen molar-refractivity contribution in [2.24, 2.45) is 5.92 Å². The molecule has 1 aromatic heterocycles. The van der Waals surface area contributed by atoms with Crippen LogP contribution in [0.25, 0.3) is 0 Å². The maximum Gasteiger partial charge on any atom is 0.341 e. The van der Waals surface area contributed by atoms with Crippen LogP contribution in [-0.2, 0) is 27.1 Å². The van der Waals surface area contributed by atoms with Crippen LogP contribution in [0.15, 0.2) is 24.3 Å². The van der Waals surface area contributed by atoms with Crippen LogP contribution in [0, 0.1) is 12.8 Å². The molecule has 1 amide bonds. The molecule has 1 unspecified atom stereocenters. The van der Waals surface area contributed by atoms with Gasteiger partial charge in [-0.2, -0.15) is 0 Å². The molecule has 7 heteroatoms. The van der Waals surface area contributed by atoms with Gasteiger partial charge in [0.05, 0.1) is 18.2 Å². The molecule has 1 N–H and O–H groups in total. The molecule has 0 fully saturated rings. The smallest absolute Gasteiger partial charge is 0.341 e. The van der Waals surface area contributed by atoms with Crippen LogP contribution < -0.4 is 5.32 Å². The molecule has 3 rings (SSSR count). The van der Waals surface area contributed by atoms with Crippen molar-refractivity contribution in [2.75, 3.05) is 19.0 Å². The zero-order chi connectivity index (χ0) is 20.3. The number of nitrogens with one attached hydrogen (secondary N) is 1. The highest BCUT2D eigenvalue weighted by Crippen LogP contribution is 2.40. The van der Waals surface area contributed by atoms with Gasteiger partial charge in [-0.25, -0.2) is 9.59 Å². The highest BCUT2D eigenvalue weighted by molar-refractivity contribution is 7.17. The number of rotatable bonds is 5. The molecule has 0 spiro atoms. The largest absolute Gasteiger partial charge is 0.465 e. The van der Waals surface area contributed by atoms with Crippen LogP contribution >= 0.6 is 11.3 Å². The molecule has 1 heterocycles. The Labute approximate surface area is 167 Å². The minimum Gasteiger partial charge on any atom is -0.465 e. The van der Waals surface area contributed by atoms with E-state index in [4.69, 9.17) is 9.47 Å². The molecule has 2 aromatic rings. The van der Waals surface area contributed by atoms with Crippen molar-refractivity contribution in [3.05, 3.63) is 51.4 Å². The number of anilines is 1. The van der Waals surface area contributed by atoms with Gasteiger partial charge in [0.15, 0.2) is 6.61 Å². The lowest BCUT2D eigenvalue weighted by Gasteiger charge is -2.18. The number of thiophene rings is 1. The van der Waals surface area contributed by atoms with E-state index in [0.29, 0.717) is 22.0 Å². The van der Waals surface area contributed by atoms with Crippen molar-refractivity contribution in [2.45, 2.75) is 33.1 Å². The van der Waals surface area contributed by atoms with E-state index in [-0.39, 0.29) is 0 Å². The molecule has 0 radical (unpaired) electrons. The highest BCUT2D eigenvalue weighted by atomic mass is 32.1. The summed E-state index contributed by atoms with van der Waals surface area (Å²) in [4.78, 5) is 37.9. The van der Waals surface area contributed by atoms with Gasteiger partial charge in [0.1, 0.15) is 5.00 Å². The number of carbonyl (C=O) groups is 3. The number of hydrogen-bond acceptors (Lipinski definition) is 6. The zero-order valence-electron chi connectivity index (χ0n) is 16.2. The van der Waals surface area contributed by atoms with Gasteiger partial charge in [-0.05, 0) is 49.3 Å². The fourth-order valence-electron chi connectivity index (χ4n) is 3.33. The van der Waals surface area contributed by atoms with E-state index in [2.05, 4.69) is 12.2 Å². The van der Waals surface area contributed by atoms with Gasteiger partial charge in [0.2, 0.25) is 0 Å². The molecular weight excluding hydrogens is 378 g/mol. The molecular formula is C21H23NO5S. The van der Waals surface area contributed by atoms with Crippen LogP contribution in [0.3, 0.4) is 0 Å². The number of carbonyl (C=O) groups excluding carboxylic acids is 3. The molecule has 0 bridgehead atoms. The first kappa shape index (κ1) is 20.1. The first-order chi connectivity index (χ1) is 13.4. The van der Waals surface area contributed by atoms with Gasteiger partial charge in [0, 0.05) is 4.88 Å². The lowest BCUT2D eigenvalue weighted by Crippen LogP contribution is -2.22. The van der Waals surface area contributed by atoms with Gasteiger partial charge in [-0.3, -0.25) is 4.79 Å². The van der Waals surface area contributed by atoms with Crippen molar-refractivity contribution in [1.82, 2.24) is 0 Å². The fourth-order valence-corrected chi connectivity index (χ4v) is 4.75. The number of amides is 1. The predicted molar refractivity (Wildman–Crippen MR) is 107 cm³/mol. The van der Waals surface area contributed by atoms with E-state index in [1.165, 1.54) is 18.4 Å². The molecule has 1 aliphatic carbocycles. The van der Waals surface area contributed by atoms with Gasteiger partial charge < -0.3 is 14.8 Å². The maximum atomic E-state index is 12.3. The van der Waals surface area contributed by atoms with Crippen LogP contribution in [0.4, 0.5) is 5.00 Å². The fraction of sp³-hybridized carbons (Fsp3) is 0.381. The second-order valence-electron chi connectivity index (χ2n) is 6.99. The van der Waals surface area contributed by atoms with Crippen LogP contribution in [0.5, 0.6) is 0 Å². The Morgan fingerprint density at radius 1 is 1.21 bits per heavy atom. The normalized spacial score (nSPS) is 15.5. The summed E-state index contributed by atoms with van der Waals surface area (Å²) in [6.45, 7) is 3.55. The lowest BCUT2D eigenvalue weighted by molar-refractivity contribution is -0.119. The van der Waals surface area contributed by atoms with E-state index < -0.39 is 24.5 Å². The number of esters is 2. The number of methoxy groups -OCH3 is 1. The third-order valence-electron chi connectivity index (χ3n) is 4.85. The van der Waals surface area contributed by atoms with E-state index in [1.54, 1.807) is 25.1 Å². The zero-order valence-corrected chi connectivity index (χ0v) is 17.0. The number of fused-ring (bicyclic) bond motifs is 1. The van der Waals surface area contributed by atoms with Crippen LogP contribution in [0.1, 0.15) is 50.1 Å². The molecule has 0 aliphatic heterocycles. The highest BCUT2D eigenvalue weighted by Gasteiger charge is 2.29. The molecule has 0 saturated heterocycles. The molecule has 148 valence electrons. The molecule has 1 aliphatic rings. The number of aryl methyl sites for hydroxylation is 1. The minimum atomic E-state index is -0.555. The average Bonchev–Trinajstić information content (AvgIpc) is 3.02. The Morgan fingerprint density at radius 2 is 1.96 bits per heavy atom. The SMILES string of the molecule is COC(=O)c1c(NC(=O)COC(=O)c2ccccc2C)sc2c1CCC(C)C2. The van der Waals surface area contributed by atoms with Gasteiger partial charge >= 0.3 is 11.9 Å². The summed E-state index contributed by atoms with van der Waals surface area (Å²) in [6.07, 6.45) is 2.66. The standard InChI is InChI=1S/C21H23NO5S/c1-12-8-9-15-16(10-12)28-19(18(15)21(25)26-3)22-17(23)11-27-20(24)14-7-5-4-6-13(14)2/h4-7,12H,8-11H2,1-3H3,(H,22,23). The third-order valence-corrected chi connectivity index (χ3v) is 6.02. The Morgan fingerprint density at radius 3 is 2.68 bits per heavy atom. The Bertz CT molecular complexity index is 918. The minimum absolute atomic E-state index is 0.422. The quantitative estimate of drug-likeness (QED) is 0.772. The van der Waals surface area contributed by atoms with Gasteiger partial charge in [-0.15, -0.1) is 11.3 Å². The van der Waals surface area contributed by atoms with Crippen LogP contribution in [0.2, 0.25) is 0 Å². The first-order valence-corrected chi connectivity index (χ1v) is 9.97. The average molecular weight is 401 g/mol. The summed E-state index contributed by atoms with van der Waals surface area (Å²) < 4.78 is 10.0. The summed E-state index contributed by atoms with van der Waals surface area (Å²) in [5, 5.41) is 3.18. The Hall–Kier alpha value is -2.67. The number of benzene rings is 1. The van der Waals surface area contributed by atoms with E-state index in [1.807, 2.05) is 6.07 Å². The van der Waals surface area contributed by atoms with Crippen molar-refractivity contribution in [3.8, 4) is 0 Å². The third kappa shape index (κ3) is 4.25. The topological polar surface area (TPSA) is 81.7 Å². The Kier molecular flexibility index (Phi) is 6.14. The van der Waals surface area contributed by atoms with Crippen molar-refractivity contribution in [3.63, 3.8) is 0 Å². The summed E-state index contributed by atoms with van der Waals surface area (Å²) in [7, 11) is 1.33. The summed E-state index contributed by atoms with van der Waals surface area (Å²) in [5.41, 5.74) is 2.59. The van der Waals surface area contributed by atoms with E-state index >= 15 is 0 Å².